The molecule has 29 heavy (non-hydrogen) atoms. The van der Waals surface area contributed by atoms with Gasteiger partial charge in [-0.3, -0.25) is 4.98 Å². The van der Waals surface area contributed by atoms with Gasteiger partial charge in [0.05, 0.1) is 29.0 Å². The molecule has 0 saturated carbocycles. The van der Waals surface area contributed by atoms with Crippen molar-refractivity contribution >= 4 is 23.3 Å². The topological polar surface area (TPSA) is 70.4 Å². The van der Waals surface area contributed by atoms with Gasteiger partial charge in [0.25, 0.3) is 0 Å². The van der Waals surface area contributed by atoms with Crippen molar-refractivity contribution in [2.45, 2.75) is 25.9 Å². The molecule has 1 aliphatic heterocycles. The smallest absolute Gasteiger partial charge is 0.337 e. The highest BCUT2D eigenvalue weighted by atomic mass is 32.1. The maximum Gasteiger partial charge on any atom is 0.337 e. The van der Waals surface area contributed by atoms with Crippen LogP contribution in [0.5, 0.6) is 0 Å². The maximum absolute atomic E-state index is 11.8. The number of aryl methyl sites for hydroxylation is 1. The largest absolute Gasteiger partial charge is 0.478 e. The third-order valence-electron chi connectivity index (χ3n) is 5.50. The van der Waals surface area contributed by atoms with Gasteiger partial charge in [0, 0.05) is 24.6 Å². The van der Waals surface area contributed by atoms with Crippen LogP contribution in [-0.4, -0.2) is 37.7 Å². The third kappa shape index (κ3) is 3.17. The van der Waals surface area contributed by atoms with E-state index in [1.807, 2.05) is 60.7 Å². The van der Waals surface area contributed by atoms with E-state index in [0.717, 1.165) is 22.6 Å². The van der Waals surface area contributed by atoms with Crippen LogP contribution in [0.25, 0.3) is 5.69 Å². The fourth-order valence-electron chi connectivity index (χ4n) is 4.15. The third-order valence-corrected chi connectivity index (χ3v) is 5.91. The molecule has 4 rings (SSSR count). The Morgan fingerprint density at radius 1 is 1.17 bits per heavy atom. The first-order valence-electron chi connectivity index (χ1n) is 9.36. The molecule has 1 aromatic carbocycles. The number of para-hydroxylation sites is 1. The van der Waals surface area contributed by atoms with Gasteiger partial charge in [-0.2, -0.15) is 0 Å². The van der Waals surface area contributed by atoms with E-state index in [4.69, 9.17) is 12.2 Å². The van der Waals surface area contributed by atoms with E-state index in [2.05, 4.69) is 16.4 Å². The number of likely N-dealkylation sites (N-methyl/N-ethyl adjacent to an activating group) is 1. The highest BCUT2D eigenvalue weighted by molar-refractivity contribution is 7.80. The van der Waals surface area contributed by atoms with Crippen molar-refractivity contribution in [1.82, 2.24) is 19.8 Å². The number of benzene rings is 1. The molecule has 0 aliphatic carbocycles. The number of pyridine rings is 1. The molecule has 3 heterocycles. The number of aromatic carboxylic acids is 1. The molecule has 1 aliphatic rings. The zero-order chi connectivity index (χ0) is 20.7. The van der Waals surface area contributed by atoms with Crippen LogP contribution in [0.2, 0.25) is 0 Å². The number of nitrogens with zero attached hydrogens (tertiary/aromatic N) is 3. The zero-order valence-corrected chi connectivity index (χ0v) is 17.3. The van der Waals surface area contributed by atoms with Gasteiger partial charge in [-0.15, -0.1) is 0 Å². The van der Waals surface area contributed by atoms with Gasteiger partial charge in [-0.25, -0.2) is 4.79 Å². The number of hydrogen-bond acceptors (Lipinski definition) is 3. The van der Waals surface area contributed by atoms with Gasteiger partial charge in [0.15, 0.2) is 5.11 Å². The number of hydrogen-bond donors (Lipinski definition) is 2. The number of carboxylic acids is 1. The molecule has 6 nitrogen and oxygen atoms in total. The number of carbonyl (C=O) groups is 1. The van der Waals surface area contributed by atoms with E-state index >= 15 is 0 Å². The monoisotopic (exact) mass is 406 g/mol. The van der Waals surface area contributed by atoms with Crippen molar-refractivity contribution in [3.63, 3.8) is 0 Å². The minimum atomic E-state index is -0.943. The summed E-state index contributed by atoms with van der Waals surface area (Å²) in [7, 11) is 1.97. The summed E-state index contributed by atoms with van der Waals surface area (Å²) in [5.74, 6) is -0.943. The average Bonchev–Trinajstić information content (AvgIpc) is 3.17. The van der Waals surface area contributed by atoms with E-state index in [0.29, 0.717) is 10.8 Å². The Morgan fingerprint density at radius 2 is 1.90 bits per heavy atom. The van der Waals surface area contributed by atoms with Crippen LogP contribution in [0.15, 0.2) is 54.7 Å². The van der Waals surface area contributed by atoms with Gasteiger partial charge in [-0.05, 0) is 62.0 Å². The quantitative estimate of drug-likeness (QED) is 0.643. The van der Waals surface area contributed by atoms with E-state index in [1.54, 1.807) is 18.3 Å². The lowest BCUT2D eigenvalue weighted by atomic mass is 9.97. The first-order valence-corrected chi connectivity index (χ1v) is 9.76. The fourth-order valence-corrected chi connectivity index (χ4v) is 4.40. The molecule has 3 aromatic rings. The van der Waals surface area contributed by atoms with Crippen LogP contribution >= 0.6 is 12.2 Å². The van der Waals surface area contributed by atoms with Crippen LogP contribution in [0, 0.1) is 13.8 Å². The Morgan fingerprint density at radius 3 is 2.59 bits per heavy atom. The average molecular weight is 407 g/mol. The summed E-state index contributed by atoms with van der Waals surface area (Å²) in [4.78, 5) is 18.3. The molecule has 0 amide bonds. The van der Waals surface area contributed by atoms with Crippen LogP contribution in [0.4, 0.5) is 0 Å². The summed E-state index contributed by atoms with van der Waals surface area (Å²) in [6, 6.07) is 14.9. The van der Waals surface area contributed by atoms with Gasteiger partial charge in [0.2, 0.25) is 0 Å². The van der Waals surface area contributed by atoms with E-state index < -0.39 is 5.97 Å². The fraction of sp³-hybridized carbons (Fsp3) is 0.227. The van der Waals surface area contributed by atoms with E-state index in [1.165, 1.54) is 0 Å². The lowest BCUT2D eigenvalue weighted by Crippen LogP contribution is -2.25. The molecule has 148 valence electrons. The first kappa shape index (κ1) is 19.1. The van der Waals surface area contributed by atoms with Crippen molar-refractivity contribution in [2.75, 3.05) is 7.05 Å². The molecule has 0 spiro atoms. The van der Waals surface area contributed by atoms with Crippen LogP contribution in [-0.2, 0) is 0 Å². The Balaban J connectivity index is 1.86. The maximum atomic E-state index is 11.8. The van der Waals surface area contributed by atoms with Crippen molar-refractivity contribution in [3.8, 4) is 5.69 Å². The second-order valence-electron chi connectivity index (χ2n) is 7.22. The molecule has 0 unspecified atom stereocenters. The van der Waals surface area contributed by atoms with Gasteiger partial charge in [0.1, 0.15) is 0 Å². The lowest BCUT2D eigenvalue weighted by molar-refractivity contribution is 0.0697. The Labute approximate surface area is 174 Å². The molecule has 7 heteroatoms. The molecule has 0 bridgehead atoms. The highest BCUT2D eigenvalue weighted by Gasteiger charge is 2.39. The lowest BCUT2D eigenvalue weighted by Gasteiger charge is -2.24. The molecule has 2 N–H and O–H groups in total. The Bertz CT molecular complexity index is 1090. The number of thiocarbonyl (C=S) groups is 1. The molecule has 2 aromatic heterocycles. The molecule has 1 saturated heterocycles. The minimum Gasteiger partial charge on any atom is -0.478 e. The summed E-state index contributed by atoms with van der Waals surface area (Å²) < 4.78 is 2.00. The van der Waals surface area contributed by atoms with E-state index in [9.17, 15) is 9.90 Å². The number of nitrogens with one attached hydrogen (secondary N) is 1. The first-order chi connectivity index (χ1) is 13.9. The van der Waals surface area contributed by atoms with Gasteiger partial charge < -0.3 is 19.9 Å². The van der Waals surface area contributed by atoms with Crippen molar-refractivity contribution in [1.29, 1.82) is 0 Å². The molecule has 1 fully saturated rings. The Hall–Kier alpha value is -3.19. The predicted octanol–water partition coefficient (Wildman–Crippen LogP) is 3.79. The summed E-state index contributed by atoms with van der Waals surface area (Å²) >= 11 is 5.53. The van der Waals surface area contributed by atoms with Gasteiger partial charge >= 0.3 is 5.97 Å². The SMILES string of the molecule is Cc1cc([C@H]2[C@H](c3ccccn3)NC(=S)N2C)c(C)n1-c1ccccc1C(=O)O. The molecular weight excluding hydrogens is 384 g/mol. The zero-order valence-electron chi connectivity index (χ0n) is 16.5. The Kier molecular flexibility index (Phi) is 4.84. The predicted molar refractivity (Wildman–Crippen MR) is 115 cm³/mol. The summed E-state index contributed by atoms with van der Waals surface area (Å²) in [6.07, 6.45) is 1.78. The second kappa shape index (κ2) is 7.33. The normalized spacial score (nSPS) is 18.7. The second-order valence-corrected chi connectivity index (χ2v) is 7.61. The minimum absolute atomic E-state index is 0.0469. The standard InChI is InChI=1S/C22H22N4O2S/c1-13-12-16(14(2)26(13)18-10-5-4-8-15(18)21(27)28)20-19(24-22(29)25(20)3)17-9-6-7-11-23-17/h4-12,19-20H,1-3H3,(H,24,29)(H,27,28)/t19-,20-/m0/s1. The van der Waals surface area contributed by atoms with Crippen molar-refractivity contribution in [3.05, 3.63) is 82.9 Å². The van der Waals surface area contributed by atoms with Crippen LogP contribution in [0.3, 0.4) is 0 Å². The van der Waals surface area contributed by atoms with Crippen molar-refractivity contribution in [2.24, 2.45) is 0 Å². The van der Waals surface area contributed by atoms with Crippen LogP contribution < -0.4 is 5.32 Å². The summed E-state index contributed by atoms with van der Waals surface area (Å²) in [6.45, 7) is 4.01. The van der Waals surface area contributed by atoms with Gasteiger partial charge in [-0.1, -0.05) is 18.2 Å². The highest BCUT2D eigenvalue weighted by Crippen LogP contribution is 2.40. The van der Waals surface area contributed by atoms with Crippen LogP contribution in [0.1, 0.15) is 45.1 Å². The summed E-state index contributed by atoms with van der Waals surface area (Å²) in [5.41, 5.74) is 4.90. The molecule has 0 radical (unpaired) electrons. The number of rotatable bonds is 4. The summed E-state index contributed by atoms with van der Waals surface area (Å²) in [5, 5.41) is 13.7. The number of carboxylic acid groups (broad SMARTS) is 1. The van der Waals surface area contributed by atoms with E-state index in [-0.39, 0.29) is 17.6 Å². The molecular formula is C22H22N4O2S. The molecule has 2 atom stereocenters. The van der Waals surface area contributed by atoms with Crippen molar-refractivity contribution < 1.29 is 9.90 Å². The number of aromatic nitrogens is 2.